The molecule has 0 saturated carbocycles. The molecular formula is C17H24N2O5. The monoisotopic (exact) mass is 336 g/mol. The van der Waals surface area contributed by atoms with Crippen molar-refractivity contribution in [2.24, 2.45) is 0 Å². The van der Waals surface area contributed by atoms with E-state index in [0.717, 1.165) is 0 Å². The van der Waals surface area contributed by atoms with E-state index in [1.165, 1.54) is 11.0 Å². The van der Waals surface area contributed by atoms with Gasteiger partial charge in [0, 0.05) is 7.05 Å². The van der Waals surface area contributed by atoms with Gasteiger partial charge in [-0.15, -0.1) is 0 Å². The summed E-state index contributed by atoms with van der Waals surface area (Å²) in [7, 11) is 1.59. The lowest BCUT2D eigenvalue weighted by Crippen LogP contribution is -2.34. The molecule has 0 unspecified atom stereocenters. The van der Waals surface area contributed by atoms with Crippen molar-refractivity contribution < 1.29 is 23.9 Å². The number of pyridine rings is 1. The van der Waals surface area contributed by atoms with Crippen LogP contribution in [0.2, 0.25) is 0 Å². The molecule has 0 saturated heterocycles. The molecule has 1 aromatic heterocycles. The average Bonchev–Trinajstić information content (AvgIpc) is 2.45. The lowest BCUT2D eigenvalue weighted by molar-refractivity contribution is -0.141. The molecule has 0 N–H and O–H groups in total. The third-order valence-electron chi connectivity index (χ3n) is 2.81. The molecule has 7 nitrogen and oxygen atoms in total. The Balaban J connectivity index is 2.73. The van der Waals surface area contributed by atoms with Gasteiger partial charge in [-0.05, 0) is 39.8 Å². The molecule has 24 heavy (non-hydrogen) atoms. The summed E-state index contributed by atoms with van der Waals surface area (Å²) in [5.74, 6) is -1.00. The number of Topliss-reactive ketones (excluding diaryl/α,β-unsaturated/α-hetero) is 1. The third-order valence-corrected chi connectivity index (χ3v) is 2.81. The van der Waals surface area contributed by atoms with Crippen molar-refractivity contribution in [1.29, 1.82) is 0 Å². The molecule has 0 aromatic carbocycles. The van der Waals surface area contributed by atoms with Gasteiger partial charge in [0.15, 0.2) is 5.78 Å². The number of hydrogen-bond acceptors (Lipinski definition) is 6. The van der Waals surface area contributed by atoms with Gasteiger partial charge in [0.25, 0.3) is 0 Å². The van der Waals surface area contributed by atoms with Crippen molar-refractivity contribution in [1.82, 2.24) is 9.88 Å². The summed E-state index contributed by atoms with van der Waals surface area (Å²) in [4.78, 5) is 40.9. The zero-order valence-corrected chi connectivity index (χ0v) is 14.8. The molecule has 0 aliphatic heterocycles. The number of rotatable bonds is 6. The Hall–Kier alpha value is -2.44. The number of esters is 1. The Morgan fingerprint density at radius 2 is 1.88 bits per heavy atom. The second kappa shape index (κ2) is 8.42. The van der Waals surface area contributed by atoms with Gasteiger partial charge in [-0.25, -0.2) is 9.78 Å². The van der Waals surface area contributed by atoms with Crippen LogP contribution in [0.25, 0.3) is 0 Å². The van der Waals surface area contributed by atoms with Gasteiger partial charge in [-0.1, -0.05) is 6.07 Å². The number of ether oxygens (including phenoxy) is 2. The van der Waals surface area contributed by atoms with Crippen LogP contribution in [-0.2, 0) is 20.8 Å². The summed E-state index contributed by atoms with van der Waals surface area (Å²) < 4.78 is 10.0. The SMILES string of the molecule is CCOC(=O)CC(=O)c1cccc(CN(C)C(=O)OC(C)(C)C)n1. The largest absolute Gasteiger partial charge is 0.466 e. The maximum absolute atomic E-state index is 12.0. The molecule has 1 heterocycles. The van der Waals surface area contributed by atoms with E-state index >= 15 is 0 Å². The van der Waals surface area contributed by atoms with Crippen molar-refractivity contribution in [2.45, 2.75) is 46.3 Å². The Kier molecular flexibility index (Phi) is 6.88. The molecule has 0 atom stereocenters. The Morgan fingerprint density at radius 1 is 1.21 bits per heavy atom. The number of hydrogen-bond donors (Lipinski definition) is 0. The van der Waals surface area contributed by atoms with Crippen LogP contribution in [0.5, 0.6) is 0 Å². The predicted molar refractivity (Wildman–Crippen MR) is 87.5 cm³/mol. The molecule has 0 spiro atoms. The first-order valence-electron chi connectivity index (χ1n) is 7.71. The first kappa shape index (κ1) is 19.6. The summed E-state index contributed by atoms with van der Waals surface area (Å²) in [6.07, 6.45) is -0.834. The maximum Gasteiger partial charge on any atom is 0.410 e. The Labute approximate surface area is 142 Å². The van der Waals surface area contributed by atoms with Crippen LogP contribution in [0.15, 0.2) is 18.2 Å². The molecule has 0 radical (unpaired) electrons. The van der Waals surface area contributed by atoms with Crippen LogP contribution in [0.4, 0.5) is 4.79 Å². The van der Waals surface area contributed by atoms with E-state index in [1.54, 1.807) is 46.9 Å². The first-order valence-corrected chi connectivity index (χ1v) is 7.71. The Bertz CT molecular complexity index is 607. The van der Waals surface area contributed by atoms with Crippen LogP contribution in [0.1, 0.15) is 50.3 Å². The quantitative estimate of drug-likeness (QED) is 0.451. The highest BCUT2D eigenvalue weighted by atomic mass is 16.6. The van der Waals surface area contributed by atoms with Crippen molar-refractivity contribution in [3.8, 4) is 0 Å². The lowest BCUT2D eigenvalue weighted by Gasteiger charge is -2.24. The minimum absolute atomic E-state index is 0.165. The lowest BCUT2D eigenvalue weighted by atomic mass is 10.2. The van der Waals surface area contributed by atoms with E-state index in [2.05, 4.69) is 4.98 Å². The Morgan fingerprint density at radius 3 is 2.46 bits per heavy atom. The molecule has 132 valence electrons. The van der Waals surface area contributed by atoms with Crippen LogP contribution < -0.4 is 0 Å². The molecule has 0 aliphatic carbocycles. The second-order valence-corrected chi connectivity index (χ2v) is 6.26. The van der Waals surface area contributed by atoms with Gasteiger partial charge in [-0.2, -0.15) is 0 Å². The van der Waals surface area contributed by atoms with Gasteiger partial charge >= 0.3 is 12.1 Å². The summed E-state index contributed by atoms with van der Waals surface area (Å²) in [5, 5.41) is 0. The fraction of sp³-hybridized carbons (Fsp3) is 0.529. The van der Waals surface area contributed by atoms with Crippen LogP contribution in [-0.4, -0.2) is 47.0 Å². The minimum Gasteiger partial charge on any atom is -0.466 e. The van der Waals surface area contributed by atoms with Crippen molar-refractivity contribution in [3.63, 3.8) is 0 Å². The molecule has 1 amide bonds. The topological polar surface area (TPSA) is 85.8 Å². The summed E-state index contributed by atoms with van der Waals surface area (Å²) >= 11 is 0. The van der Waals surface area contributed by atoms with E-state index in [1.807, 2.05) is 0 Å². The fourth-order valence-corrected chi connectivity index (χ4v) is 1.80. The van der Waals surface area contributed by atoms with Crippen molar-refractivity contribution >= 4 is 17.8 Å². The van der Waals surface area contributed by atoms with Crippen LogP contribution in [0.3, 0.4) is 0 Å². The smallest absolute Gasteiger partial charge is 0.410 e. The number of aromatic nitrogens is 1. The summed E-state index contributed by atoms with van der Waals surface area (Å²) in [6, 6.07) is 4.88. The van der Waals surface area contributed by atoms with Crippen molar-refractivity contribution in [3.05, 3.63) is 29.6 Å². The number of amides is 1. The third kappa shape index (κ3) is 6.76. The van der Waals surface area contributed by atoms with Crippen molar-refractivity contribution in [2.75, 3.05) is 13.7 Å². The van der Waals surface area contributed by atoms with E-state index in [4.69, 9.17) is 9.47 Å². The highest BCUT2D eigenvalue weighted by Gasteiger charge is 2.20. The van der Waals surface area contributed by atoms with Gasteiger partial charge in [-0.3, -0.25) is 9.59 Å². The van der Waals surface area contributed by atoms with E-state index in [9.17, 15) is 14.4 Å². The van der Waals surface area contributed by atoms with Crippen LogP contribution >= 0.6 is 0 Å². The molecule has 0 fully saturated rings. The molecule has 1 aromatic rings. The molecule has 7 heteroatoms. The molecule has 1 rings (SSSR count). The standard InChI is InChI=1S/C17H24N2O5/c1-6-23-15(21)10-14(20)13-9-7-8-12(18-13)11-19(5)16(22)24-17(2,3)4/h7-9H,6,10-11H2,1-5H3. The van der Waals surface area contributed by atoms with Gasteiger partial charge < -0.3 is 14.4 Å². The number of ketones is 1. The van der Waals surface area contributed by atoms with Gasteiger partial charge in [0.1, 0.15) is 17.7 Å². The van der Waals surface area contributed by atoms with E-state index in [0.29, 0.717) is 5.69 Å². The van der Waals surface area contributed by atoms with E-state index in [-0.39, 0.29) is 25.3 Å². The number of carbonyl (C=O) groups is 3. The van der Waals surface area contributed by atoms with Gasteiger partial charge in [0.2, 0.25) is 0 Å². The van der Waals surface area contributed by atoms with Gasteiger partial charge in [0.05, 0.1) is 18.8 Å². The minimum atomic E-state index is -0.587. The number of carbonyl (C=O) groups excluding carboxylic acids is 3. The summed E-state index contributed by atoms with van der Waals surface area (Å²) in [6.45, 7) is 7.44. The fourth-order valence-electron chi connectivity index (χ4n) is 1.80. The zero-order chi connectivity index (χ0) is 18.3. The zero-order valence-electron chi connectivity index (χ0n) is 14.8. The molecular weight excluding hydrogens is 312 g/mol. The second-order valence-electron chi connectivity index (χ2n) is 6.26. The molecule has 0 aliphatic rings. The highest BCUT2D eigenvalue weighted by molar-refractivity contribution is 6.04. The predicted octanol–water partition coefficient (Wildman–Crippen LogP) is 2.58. The number of nitrogens with zero attached hydrogens (tertiary/aromatic N) is 2. The molecule has 0 bridgehead atoms. The maximum atomic E-state index is 12.0. The average molecular weight is 336 g/mol. The highest BCUT2D eigenvalue weighted by Crippen LogP contribution is 2.11. The van der Waals surface area contributed by atoms with Crippen LogP contribution in [0, 0.1) is 0 Å². The first-order chi connectivity index (χ1) is 11.1. The normalized spacial score (nSPS) is 10.9. The summed E-state index contributed by atoms with van der Waals surface area (Å²) in [5.41, 5.74) is 0.104. The van der Waals surface area contributed by atoms with E-state index < -0.39 is 23.4 Å².